The van der Waals surface area contributed by atoms with Gasteiger partial charge in [0.1, 0.15) is 11.5 Å². The zero-order valence-electron chi connectivity index (χ0n) is 14.6. The first-order valence-corrected chi connectivity index (χ1v) is 8.17. The first-order valence-electron chi connectivity index (χ1n) is 8.17. The third-order valence-electron chi connectivity index (χ3n) is 3.97. The van der Waals surface area contributed by atoms with E-state index in [9.17, 15) is 14.9 Å². The van der Waals surface area contributed by atoms with Gasteiger partial charge in [0.25, 0.3) is 5.69 Å². The van der Waals surface area contributed by atoms with Gasteiger partial charge in [-0.25, -0.2) is 0 Å². The van der Waals surface area contributed by atoms with Crippen molar-refractivity contribution in [3.63, 3.8) is 0 Å². The van der Waals surface area contributed by atoms with E-state index in [1.807, 2.05) is 24.3 Å². The zero-order valence-corrected chi connectivity index (χ0v) is 14.6. The Morgan fingerprint density at radius 3 is 2.81 bits per heavy atom. The van der Waals surface area contributed by atoms with Crippen LogP contribution >= 0.6 is 0 Å². The van der Waals surface area contributed by atoms with Crippen molar-refractivity contribution in [3.05, 3.63) is 69.3 Å². The summed E-state index contributed by atoms with van der Waals surface area (Å²) in [4.78, 5) is 22.7. The summed E-state index contributed by atoms with van der Waals surface area (Å²) < 4.78 is 15.7. The van der Waals surface area contributed by atoms with E-state index in [-0.39, 0.29) is 25.0 Å². The molecule has 1 heterocycles. The van der Waals surface area contributed by atoms with E-state index in [0.29, 0.717) is 23.4 Å². The van der Waals surface area contributed by atoms with Gasteiger partial charge in [-0.15, -0.1) is 0 Å². The molecule has 0 bridgehead atoms. The van der Waals surface area contributed by atoms with Crippen molar-refractivity contribution < 1.29 is 23.9 Å². The summed E-state index contributed by atoms with van der Waals surface area (Å²) in [6.45, 7) is 0.640. The van der Waals surface area contributed by atoms with Gasteiger partial charge in [0.2, 0.25) is 5.91 Å². The third kappa shape index (κ3) is 4.62. The maximum Gasteiger partial charge on any atom is 0.270 e. The molecule has 1 amide bonds. The first-order chi connectivity index (χ1) is 13.1. The summed E-state index contributed by atoms with van der Waals surface area (Å²) in [7, 11) is 1.59. The molecule has 0 spiro atoms. The van der Waals surface area contributed by atoms with Crippen molar-refractivity contribution in [2.75, 3.05) is 13.9 Å². The Morgan fingerprint density at radius 2 is 2.11 bits per heavy atom. The number of nitro groups is 1. The molecule has 140 valence electrons. The minimum atomic E-state index is -0.490. The number of methoxy groups -OCH3 is 1. The molecule has 2 aromatic carbocycles. The lowest BCUT2D eigenvalue weighted by atomic mass is 10.1. The fourth-order valence-corrected chi connectivity index (χ4v) is 2.62. The Hall–Kier alpha value is -3.39. The maximum atomic E-state index is 12.1. The van der Waals surface area contributed by atoms with Gasteiger partial charge in [0.15, 0.2) is 6.79 Å². The molecule has 0 unspecified atom stereocenters. The predicted molar refractivity (Wildman–Crippen MR) is 97.3 cm³/mol. The molecule has 0 saturated carbocycles. The zero-order chi connectivity index (χ0) is 19.2. The molecule has 0 radical (unpaired) electrons. The van der Waals surface area contributed by atoms with E-state index < -0.39 is 4.92 Å². The van der Waals surface area contributed by atoms with Gasteiger partial charge in [0, 0.05) is 35.9 Å². The number of carbonyl (C=O) groups is 1. The second kappa shape index (κ2) is 8.33. The highest BCUT2D eigenvalue weighted by Crippen LogP contribution is 2.33. The molecule has 0 fully saturated rings. The number of amides is 1. The van der Waals surface area contributed by atoms with Crippen molar-refractivity contribution in [2.45, 2.75) is 13.2 Å². The molecule has 8 nitrogen and oxygen atoms in total. The first kappa shape index (κ1) is 18.4. The van der Waals surface area contributed by atoms with Crippen LogP contribution < -0.4 is 14.8 Å². The van der Waals surface area contributed by atoms with Crippen LogP contribution in [0.5, 0.6) is 11.5 Å². The number of nitrogens with one attached hydrogen (secondary N) is 1. The molecule has 8 heteroatoms. The van der Waals surface area contributed by atoms with Gasteiger partial charge < -0.3 is 19.5 Å². The van der Waals surface area contributed by atoms with Crippen LogP contribution in [0, 0.1) is 10.1 Å². The van der Waals surface area contributed by atoms with Gasteiger partial charge in [0.05, 0.1) is 18.6 Å². The third-order valence-corrected chi connectivity index (χ3v) is 3.97. The number of nitro benzene ring substituents is 1. The number of hydrogen-bond acceptors (Lipinski definition) is 6. The van der Waals surface area contributed by atoms with E-state index in [0.717, 1.165) is 11.3 Å². The van der Waals surface area contributed by atoms with E-state index >= 15 is 0 Å². The number of rotatable bonds is 6. The molecular formula is C19H18N2O6. The highest BCUT2D eigenvalue weighted by Gasteiger charge is 2.19. The summed E-state index contributed by atoms with van der Waals surface area (Å²) in [5, 5.41) is 13.9. The summed E-state index contributed by atoms with van der Waals surface area (Å²) in [5.74, 6) is 0.911. The number of ether oxygens (including phenoxy) is 3. The van der Waals surface area contributed by atoms with Gasteiger partial charge >= 0.3 is 0 Å². The standard InChI is InChI=1S/C19H18N2O6/c1-25-17-5-2-13(3-6-17)10-20-18(22)7-4-14-8-16(21(23)24)9-15-11-26-12-27-19(14)15/h2-9H,10-12H2,1H3,(H,20,22). The van der Waals surface area contributed by atoms with E-state index in [4.69, 9.17) is 14.2 Å². The second-order valence-electron chi connectivity index (χ2n) is 5.79. The number of benzene rings is 2. The molecule has 0 saturated heterocycles. The van der Waals surface area contributed by atoms with E-state index in [1.54, 1.807) is 7.11 Å². The van der Waals surface area contributed by atoms with Crippen LogP contribution in [0.4, 0.5) is 5.69 Å². The summed E-state index contributed by atoms with van der Waals surface area (Å²) in [6, 6.07) is 10.1. The van der Waals surface area contributed by atoms with Crippen LogP contribution in [0.1, 0.15) is 16.7 Å². The molecule has 2 aromatic rings. The average Bonchev–Trinajstić information content (AvgIpc) is 2.70. The Morgan fingerprint density at radius 1 is 1.33 bits per heavy atom. The number of nitrogens with zero attached hydrogens (tertiary/aromatic N) is 1. The highest BCUT2D eigenvalue weighted by molar-refractivity contribution is 5.92. The minimum absolute atomic E-state index is 0.0648. The number of carbonyl (C=O) groups excluding carboxylic acids is 1. The monoisotopic (exact) mass is 370 g/mol. The summed E-state index contributed by atoms with van der Waals surface area (Å²) in [6.07, 6.45) is 2.82. The molecule has 1 N–H and O–H groups in total. The lowest BCUT2D eigenvalue weighted by molar-refractivity contribution is -0.385. The molecule has 27 heavy (non-hydrogen) atoms. The van der Waals surface area contributed by atoms with Gasteiger partial charge in [-0.2, -0.15) is 0 Å². The normalized spacial score (nSPS) is 12.9. The minimum Gasteiger partial charge on any atom is -0.497 e. The van der Waals surface area contributed by atoms with Crippen LogP contribution in [0.15, 0.2) is 42.5 Å². The largest absolute Gasteiger partial charge is 0.497 e. The van der Waals surface area contributed by atoms with Crippen LogP contribution in [-0.4, -0.2) is 24.7 Å². The molecular weight excluding hydrogens is 352 g/mol. The van der Waals surface area contributed by atoms with Crippen LogP contribution in [0.3, 0.4) is 0 Å². The predicted octanol–water partition coefficient (Wildman–Crippen LogP) is 2.80. The molecule has 0 atom stereocenters. The molecule has 1 aliphatic heterocycles. The maximum absolute atomic E-state index is 12.1. The fraction of sp³-hybridized carbons (Fsp3) is 0.211. The smallest absolute Gasteiger partial charge is 0.270 e. The summed E-state index contributed by atoms with van der Waals surface area (Å²) >= 11 is 0. The highest BCUT2D eigenvalue weighted by atomic mass is 16.7. The lowest BCUT2D eigenvalue weighted by Crippen LogP contribution is -2.20. The Balaban J connectivity index is 1.69. The quantitative estimate of drug-likeness (QED) is 0.477. The van der Waals surface area contributed by atoms with Crippen LogP contribution in [0.2, 0.25) is 0 Å². The van der Waals surface area contributed by atoms with Crippen molar-refractivity contribution in [1.29, 1.82) is 0 Å². The van der Waals surface area contributed by atoms with Gasteiger partial charge in [-0.1, -0.05) is 12.1 Å². The van der Waals surface area contributed by atoms with Crippen LogP contribution in [0.25, 0.3) is 6.08 Å². The van der Waals surface area contributed by atoms with Gasteiger partial charge in [-0.3, -0.25) is 14.9 Å². The topological polar surface area (TPSA) is 99.9 Å². The van der Waals surface area contributed by atoms with Crippen molar-refractivity contribution in [3.8, 4) is 11.5 Å². The second-order valence-corrected chi connectivity index (χ2v) is 5.79. The number of non-ortho nitro benzene ring substituents is 1. The van der Waals surface area contributed by atoms with Crippen molar-refractivity contribution >= 4 is 17.7 Å². The molecule has 3 rings (SSSR count). The van der Waals surface area contributed by atoms with E-state index in [2.05, 4.69) is 5.32 Å². The van der Waals surface area contributed by atoms with Crippen LogP contribution in [-0.2, 0) is 22.7 Å². The van der Waals surface area contributed by atoms with Crippen molar-refractivity contribution in [1.82, 2.24) is 5.32 Å². The lowest BCUT2D eigenvalue weighted by Gasteiger charge is -2.19. The SMILES string of the molecule is COc1ccc(CNC(=O)C=Cc2cc([N+](=O)[O-])cc3c2OCOC3)cc1. The fourth-order valence-electron chi connectivity index (χ4n) is 2.62. The molecule has 1 aliphatic rings. The van der Waals surface area contributed by atoms with E-state index in [1.165, 1.54) is 24.3 Å². The molecule has 0 aliphatic carbocycles. The number of hydrogen-bond donors (Lipinski definition) is 1. The number of fused-ring (bicyclic) bond motifs is 1. The molecule has 0 aromatic heterocycles. The van der Waals surface area contributed by atoms with Gasteiger partial charge in [-0.05, 0) is 23.8 Å². The Bertz CT molecular complexity index is 877. The Kier molecular flexibility index (Phi) is 5.68. The summed E-state index contributed by atoms with van der Waals surface area (Å²) in [5.41, 5.74) is 1.88. The Labute approximate surface area is 155 Å². The average molecular weight is 370 g/mol. The van der Waals surface area contributed by atoms with Crippen molar-refractivity contribution in [2.24, 2.45) is 0 Å².